The first-order chi connectivity index (χ1) is 10.0. The van der Waals surface area contributed by atoms with Crippen LogP contribution in [0, 0.1) is 21.7 Å². The fourth-order valence-electron chi connectivity index (χ4n) is 2.10. The lowest BCUT2D eigenvalue weighted by Gasteiger charge is -2.23. The molecule has 0 fully saturated rings. The van der Waals surface area contributed by atoms with E-state index >= 15 is 0 Å². The number of nitro benzene ring substituents is 1. The van der Waals surface area contributed by atoms with Crippen molar-refractivity contribution in [3.8, 4) is 0 Å². The molecule has 6 heteroatoms. The number of benzene rings is 2. The molecule has 0 aromatic heterocycles. The maximum absolute atomic E-state index is 13.3. The van der Waals surface area contributed by atoms with Crippen molar-refractivity contribution in [2.45, 2.75) is 13.5 Å². The summed E-state index contributed by atoms with van der Waals surface area (Å²) < 4.78 is 26.3. The van der Waals surface area contributed by atoms with Crippen LogP contribution in [0.2, 0.25) is 0 Å². The van der Waals surface area contributed by atoms with Crippen LogP contribution in [0.4, 0.5) is 20.2 Å². The molecule has 21 heavy (non-hydrogen) atoms. The molecule has 0 saturated heterocycles. The van der Waals surface area contributed by atoms with Gasteiger partial charge in [0.15, 0.2) is 11.6 Å². The smallest absolute Gasteiger partial charge is 0.274 e. The highest BCUT2D eigenvalue weighted by molar-refractivity contribution is 5.50. The summed E-state index contributed by atoms with van der Waals surface area (Å²) in [5.41, 5.74) is 1.02. The van der Waals surface area contributed by atoms with Crippen LogP contribution in [-0.2, 0) is 6.54 Å². The molecule has 0 bridgehead atoms. The summed E-state index contributed by atoms with van der Waals surface area (Å²) in [6, 6.07) is 9.98. The van der Waals surface area contributed by atoms with Gasteiger partial charge in [-0.1, -0.05) is 18.2 Å². The standard InChI is InChI=1S/C15H14F2N2O2/c1-2-18(12-7-8-13(16)14(17)9-12)10-11-5-3-4-6-15(11)19(20)21/h3-9H,2,10H2,1H3. The van der Waals surface area contributed by atoms with Gasteiger partial charge in [-0.3, -0.25) is 10.1 Å². The van der Waals surface area contributed by atoms with Gasteiger partial charge in [-0.05, 0) is 19.1 Å². The fourth-order valence-corrected chi connectivity index (χ4v) is 2.10. The Labute approximate surface area is 120 Å². The number of anilines is 1. The second-order valence-electron chi connectivity index (χ2n) is 4.50. The van der Waals surface area contributed by atoms with Crippen molar-refractivity contribution in [1.29, 1.82) is 0 Å². The topological polar surface area (TPSA) is 46.4 Å². The highest BCUT2D eigenvalue weighted by Crippen LogP contribution is 2.24. The van der Waals surface area contributed by atoms with Gasteiger partial charge in [0.05, 0.1) is 4.92 Å². The van der Waals surface area contributed by atoms with E-state index in [4.69, 9.17) is 0 Å². The molecule has 0 unspecified atom stereocenters. The first-order valence-electron chi connectivity index (χ1n) is 6.45. The Kier molecular flexibility index (Phi) is 4.47. The summed E-state index contributed by atoms with van der Waals surface area (Å²) >= 11 is 0. The number of para-hydroxylation sites is 1. The molecule has 0 saturated carbocycles. The summed E-state index contributed by atoms with van der Waals surface area (Å²) in [4.78, 5) is 12.3. The second kappa shape index (κ2) is 6.30. The molecule has 0 aliphatic carbocycles. The highest BCUT2D eigenvalue weighted by atomic mass is 19.2. The average Bonchev–Trinajstić information content (AvgIpc) is 2.48. The number of rotatable bonds is 5. The maximum atomic E-state index is 13.3. The molecule has 0 aliphatic heterocycles. The Balaban J connectivity index is 2.31. The summed E-state index contributed by atoms with van der Waals surface area (Å²) in [7, 11) is 0. The van der Waals surface area contributed by atoms with E-state index < -0.39 is 16.6 Å². The molecule has 4 nitrogen and oxygen atoms in total. The predicted octanol–water partition coefficient (Wildman–Crippen LogP) is 3.90. The third kappa shape index (κ3) is 3.34. The summed E-state index contributed by atoms with van der Waals surface area (Å²) in [6.07, 6.45) is 0. The number of hydrogen-bond acceptors (Lipinski definition) is 3. The van der Waals surface area contributed by atoms with Gasteiger partial charge >= 0.3 is 0 Å². The summed E-state index contributed by atoms with van der Waals surface area (Å²) in [6.45, 7) is 2.60. The minimum Gasteiger partial charge on any atom is -0.367 e. The predicted molar refractivity (Wildman–Crippen MR) is 76.2 cm³/mol. The van der Waals surface area contributed by atoms with Crippen molar-refractivity contribution < 1.29 is 13.7 Å². The number of hydrogen-bond donors (Lipinski definition) is 0. The van der Waals surface area contributed by atoms with Crippen LogP contribution in [0.25, 0.3) is 0 Å². The zero-order chi connectivity index (χ0) is 15.4. The molecule has 2 aromatic rings. The Bertz CT molecular complexity index is 662. The average molecular weight is 292 g/mol. The molecule has 0 spiro atoms. The zero-order valence-electron chi connectivity index (χ0n) is 11.4. The molecule has 2 rings (SSSR count). The molecular formula is C15H14F2N2O2. The largest absolute Gasteiger partial charge is 0.367 e. The maximum Gasteiger partial charge on any atom is 0.274 e. The molecule has 0 N–H and O–H groups in total. The lowest BCUT2D eigenvalue weighted by molar-refractivity contribution is -0.385. The van der Waals surface area contributed by atoms with Crippen molar-refractivity contribution in [1.82, 2.24) is 0 Å². The minimum atomic E-state index is -0.937. The molecular weight excluding hydrogens is 278 g/mol. The normalized spacial score (nSPS) is 10.4. The molecule has 0 heterocycles. The van der Waals surface area contributed by atoms with Crippen molar-refractivity contribution in [2.75, 3.05) is 11.4 Å². The molecule has 0 radical (unpaired) electrons. The molecule has 0 atom stereocenters. The van der Waals surface area contributed by atoms with E-state index in [-0.39, 0.29) is 12.2 Å². The monoisotopic (exact) mass is 292 g/mol. The van der Waals surface area contributed by atoms with E-state index in [1.54, 1.807) is 23.1 Å². The van der Waals surface area contributed by atoms with Gasteiger partial charge in [0, 0.05) is 36.5 Å². The number of nitrogens with zero attached hydrogens (tertiary/aromatic N) is 2. The summed E-state index contributed by atoms with van der Waals surface area (Å²) in [5, 5.41) is 11.0. The van der Waals surface area contributed by atoms with Crippen molar-refractivity contribution in [2.24, 2.45) is 0 Å². The Hall–Kier alpha value is -2.50. The molecule has 0 amide bonds. The van der Waals surface area contributed by atoms with Crippen molar-refractivity contribution >= 4 is 11.4 Å². The van der Waals surface area contributed by atoms with E-state index in [1.807, 2.05) is 6.92 Å². The highest BCUT2D eigenvalue weighted by Gasteiger charge is 2.16. The van der Waals surface area contributed by atoms with Crippen molar-refractivity contribution in [3.05, 3.63) is 69.8 Å². The molecule has 2 aromatic carbocycles. The van der Waals surface area contributed by atoms with Crippen LogP contribution in [0.1, 0.15) is 12.5 Å². The van der Waals surface area contributed by atoms with Crippen molar-refractivity contribution in [3.63, 3.8) is 0 Å². The fraction of sp³-hybridized carbons (Fsp3) is 0.200. The third-order valence-corrected chi connectivity index (χ3v) is 3.20. The van der Waals surface area contributed by atoms with Gasteiger partial charge < -0.3 is 4.90 Å². The lowest BCUT2D eigenvalue weighted by atomic mass is 10.1. The Morgan fingerprint density at radius 1 is 1.14 bits per heavy atom. The Morgan fingerprint density at radius 3 is 2.48 bits per heavy atom. The Morgan fingerprint density at radius 2 is 1.86 bits per heavy atom. The van der Waals surface area contributed by atoms with E-state index in [2.05, 4.69) is 0 Å². The van der Waals surface area contributed by atoms with Gasteiger partial charge in [0.25, 0.3) is 5.69 Å². The first kappa shape index (κ1) is 14.9. The number of halogens is 2. The minimum absolute atomic E-state index is 0.0125. The van der Waals surface area contributed by atoms with E-state index in [9.17, 15) is 18.9 Å². The second-order valence-corrected chi connectivity index (χ2v) is 4.50. The lowest BCUT2D eigenvalue weighted by Crippen LogP contribution is -2.22. The first-order valence-corrected chi connectivity index (χ1v) is 6.45. The van der Waals surface area contributed by atoms with E-state index in [0.717, 1.165) is 12.1 Å². The molecule has 110 valence electrons. The van der Waals surface area contributed by atoms with Crippen LogP contribution in [0.3, 0.4) is 0 Å². The van der Waals surface area contributed by atoms with Crippen LogP contribution in [0.5, 0.6) is 0 Å². The van der Waals surface area contributed by atoms with Gasteiger partial charge in [0.2, 0.25) is 0 Å². The van der Waals surface area contributed by atoms with Gasteiger partial charge in [-0.25, -0.2) is 8.78 Å². The van der Waals surface area contributed by atoms with E-state index in [0.29, 0.717) is 17.8 Å². The summed E-state index contributed by atoms with van der Waals surface area (Å²) in [5.74, 6) is -1.85. The molecule has 0 aliphatic rings. The van der Waals surface area contributed by atoms with Gasteiger partial charge in [-0.2, -0.15) is 0 Å². The van der Waals surface area contributed by atoms with Crippen LogP contribution in [0.15, 0.2) is 42.5 Å². The zero-order valence-corrected chi connectivity index (χ0v) is 11.4. The van der Waals surface area contributed by atoms with Gasteiger partial charge in [-0.15, -0.1) is 0 Å². The van der Waals surface area contributed by atoms with Crippen LogP contribution < -0.4 is 4.90 Å². The van der Waals surface area contributed by atoms with Crippen LogP contribution in [-0.4, -0.2) is 11.5 Å². The SMILES string of the molecule is CCN(Cc1ccccc1[N+](=O)[O-])c1ccc(F)c(F)c1. The van der Waals surface area contributed by atoms with E-state index in [1.165, 1.54) is 12.1 Å². The third-order valence-electron chi connectivity index (χ3n) is 3.20. The number of nitro groups is 1. The van der Waals surface area contributed by atoms with Gasteiger partial charge in [0.1, 0.15) is 0 Å². The van der Waals surface area contributed by atoms with Crippen LogP contribution >= 0.6 is 0 Å². The quantitative estimate of drug-likeness (QED) is 0.620.